The highest BCUT2D eigenvalue weighted by Gasteiger charge is 2.41. The number of halogens is 2. The zero-order valence-corrected chi connectivity index (χ0v) is 64.5. The zero-order chi connectivity index (χ0) is 74.1. The maximum Gasteiger partial charge on any atom is 0.306 e. The van der Waals surface area contributed by atoms with Crippen molar-refractivity contribution in [3.63, 3.8) is 0 Å². The number of hydrogen-bond acceptors (Lipinski definition) is 16. The molecule has 0 aliphatic carbocycles. The molecule has 4 heterocycles. The molecule has 1 unspecified atom stereocenters. The average Bonchev–Trinajstić information content (AvgIpc) is 1.20. The van der Waals surface area contributed by atoms with Gasteiger partial charge in [0.05, 0.1) is 12.1 Å². The molecule has 96 heavy (non-hydrogen) atoms. The number of hydrogen-bond donors (Lipinski definition) is 6. The van der Waals surface area contributed by atoms with Gasteiger partial charge < -0.3 is 61.0 Å². The van der Waals surface area contributed by atoms with Crippen LogP contribution >= 0.6 is 0 Å². The number of rotatable bonds is 29. The molecule has 3 aliphatic rings. The molecule has 1 aromatic carbocycles. The van der Waals surface area contributed by atoms with E-state index >= 15 is 0 Å². The van der Waals surface area contributed by atoms with E-state index in [-0.39, 0.29) is 64.9 Å². The number of carbonyl (C=O) groups excluding carboxylic acids is 5. The Morgan fingerprint density at radius 3 is 1.61 bits per heavy atom. The van der Waals surface area contributed by atoms with Crippen LogP contribution in [0.1, 0.15) is 254 Å². The molecule has 1 aromatic heterocycles. The molecule has 8 N–H and O–H groups in total. The number of nitrogens with two attached hydrogens (primary N) is 2. The van der Waals surface area contributed by atoms with Crippen LogP contribution in [0.3, 0.4) is 0 Å². The molecule has 2 saturated heterocycles. The number of ketones is 1. The topological polar surface area (TPSA) is 250 Å². The molecule has 20 heteroatoms. The Hall–Kier alpha value is -4.70. The van der Waals surface area contributed by atoms with Crippen molar-refractivity contribution in [1.82, 2.24) is 30.3 Å². The third-order valence-electron chi connectivity index (χ3n) is 15.6. The molecule has 0 bridgehead atoms. The number of amides is 1. The van der Waals surface area contributed by atoms with E-state index < -0.39 is 34.5 Å². The zero-order valence-electron chi connectivity index (χ0n) is 64.5. The van der Waals surface area contributed by atoms with Crippen molar-refractivity contribution in [3.8, 4) is 5.75 Å². The van der Waals surface area contributed by atoms with Crippen molar-refractivity contribution in [3.05, 3.63) is 63.1 Å². The van der Waals surface area contributed by atoms with Gasteiger partial charge in [0.2, 0.25) is 5.43 Å². The number of aryl methyl sites for hydroxylation is 1. The van der Waals surface area contributed by atoms with E-state index in [2.05, 4.69) is 83.2 Å². The van der Waals surface area contributed by atoms with Crippen LogP contribution in [-0.4, -0.2) is 153 Å². The van der Waals surface area contributed by atoms with Gasteiger partial charge in [0.25, 0.3) is 5.91 Å². The number of nitrogens with zero attached hydrogens (tertiary/aromatic N) is 3. The van der Waals surface area contributed by atoms with Crippen LogP contribution in [0.25, 0.3) is 0 Å². The summed E-state index contributed by atoms with van der Waals surface area (Å²) in [5.74, 6) is 1.08. The third kappa shape index (κ3) is 48.1. The van der Waals surface area contributed by atoms with Crippen LogP contribution in [0.2, 0.25) is 0 Å². The van der Waals surface area contributed by atoms with Crippen LogP contribution in [0, 0.1) is 59.0 Å². The lowest BCUT2D eigenvalue weighted by atomic mass is 9.97. The van der Waals surface area contributed by atoms with Crippen LogP contribution in [0.15, 0.2) is 29.2 Å². The summed E-state index contributed by atoms with van der Waals surface area (Å²) >= 11 is 0. The van der Waals surface area contributed by atoms with E-state index in [1.54, 1.807) is 4.90 Å². The Morgan fingerprint density at radius 1 is 0.708 bits per heavy atom. The number of aldehydes is 1. The van der Waals surface area contributed by atoms with E-state index in [1.165, 1.54) is 68.3 Å². The predicted octanol–water partition coefficient (Wildman–Crippen LogP) is 13.8. The van der Waals surface area contributed by atoms with Gasteiger partial charge in [0.15, 0.2) is 17.2 Å². The lowest BCUT2D eigenvalue weighted by Gasteiger charge is -2.42. The monoisotopic (exact) mass is 1370 g/mol. The van der Waals surface area contributed by atoms with Gasteiger partial charge in [-0.2, -0.15) is 0 Å². The van der Waals surface area contributed by atoms with Gasteiger partial charge in [0, 0.05) is 70.3 Å². The molecule has 2 aromatic rings. The second-order valence-corrected chi connectivity index (χ2v) is 29.3. The molecule has 0 radical (unpaired) electrons. The van der Waals surface area contributed by atoms with Crippen molar-refractivity contribution < 1.29 is 52.1 Å². The Bertz CT molecular complexity index is 2420. The Balaban J connectivity index is -0.00000119. The summed E-state index contributed by atoms with van der Waals surface area (Å²) in [4.78, 5) is 75.3. The highest BCUT2D eigenvalue weighted by atomic mass is 19.1. The quantitative estimate of drug-likeness (QED) is 0.0252. The molecular weight excluding hydrogens is 1220 g/mol. The summed E-state index contributed by atoms with van der Waals surface area (Å²) in [5, 5.41) is 20.1. The lowest BCUT2D eigenvalue weighted by molar-refractivity contribution is -0.156. The largest absolute Gasteiger partial charge is 0.503 e. The maximum absolute atomic E-state index is 14.0. The van der Waals surface area contributed by atoms with Gasteiger partial charge in [-0.3, -0.25) is 28.9 Å². The fourth-order valence-corrected chi connectivity index (χ4v) is 9.98. The van der Waals surface area contributed by atoms with Crippen molar-refractivity contribution >= 4 is 29.9 Å². The molecule has 560 valence electrons. The summed E-state index contributed by atoms with van der Waals surface area (Å²) in [6, 6.07) is 3.11. The number of nitrogens with one attached hydrogen (secondary N) is 3. The number of fused-ring (bicyclic) bond motifs is 2. The molecule has 2 fully saturated rings. The van der Waals surface area contributed by atoms with Gasteiger partial charge in [-0.05, 0) is 213 Å². The molecule has 0 spiro atoms. The van der Waals surface area contributed by atoms with Crippen molar-refractivity contribution in [2.45, 2.75) is 258 Å². The number of ether oxygens (including phenoxy) is 3. The molecule has 6 atom stereocenters. The van der Waals surface area contributed by atoms with Crippen LogP contribution < -0.4 is 32.8 Å². The number of benzene rings is 1. The molecular formula is C76H142F2N8O10. The summed E-state index contributed by atoms with van der Waals surface area (Å²) in [7, 11) is 5.94. The predicted molar refractivity (Wildman–Crippen MR) is 393 cm³/mol. The summed E-state index contributed by atoms with van der Waals surface area (Å²) < 4.78 is 44.0. The first kappa shape index (κ1) is 95.5. The number of Topliss-reactive ketones (excluding diaryl/α,β-unsaturated/α-hetero) is 1. The van der Waals surface area contributed by atoms with E-state index in [0.29, 0.717) is 62.1 Å². The van der Waals surface area contributed by atoms with Gasteiger partial charge in [0.1, 0.15) is 35.3 Å². The summed E-state index contributed by atoms with van der Waals surface area (Å²) in [6.45, 7) is 48.0. The number of aromatic hydroxyl groups is 1. The first-order chi connectivity index (χ1) is 45.0. The fraction of sp³-hybridized carbons (Fsp3) is 0.789. The highest BCUT2D eigenvalue weighted by molar-refractivity contribution is 6.00. The number of esters is 2. The fourth-order valence-electron chi connectivity index (χ4n) is 9.98. The molecule has 5 rings (SSSR count). The minimum atomic E-state index is -0.908. The van der Waals surface area contributed by atoms with E-state index in [9.17, 15) is 42.7 Å². The van der Waals surface area contributed by atoms with Gasteiger partial charge in [-0.15, -0.1) is 0 Å². The van der Waals surface area contributed by atoms with E-state index in [0.717, 1.165) is 108 Å². The van der Waals surface area contributed by atoms with Gasteiger partial charge >= 0.3 is 11.9 Å². The number of aromatic nitrogens is 1. The molecule has 18 nitrogen and oxygen atoms in total. The standard InChI is InChI=1S/C26H31F2N3O4.C12H25NO2.C11H23NO2.C11H25N.C6H16N2.2C4H8O.C2H6/c1-15(2)11-29-12-16(3)8-9-31-22(29)14-30-13-19(24(33)25(34)23(30)26(31)35)21(32)7-5-17-4-6-18(27)10-20(17)28;1-10(8-9-13-5)6-7-11(14)15-12(2,3)4;1-9(7-8-12)5-6-10(13)14-11(2,3)4;1-10(2)6-5-7-11(3)8-9-12-4;1-6(5-7)3-4-8-2;1-2-4-5-3-1;1-4(2)3-5;1-2/h4,6,10,13,15-16,22,34H,5,7-9,11-12,14H2,1-3H3;10,13H,6-9H2,1-5H3;9H,5-8,12H2,1-4H3;10-12H,5-9H2,1-4H3;6,8H,3-5,7H2,1-2H3;1-4H2;3-4H,1-2H3;1-2H3/t16-,22?;10-;9-;11-;6-;;;/m10001.../s1. The highest BCUT2D eigenvalue weighted by Crippen LogP contribution is 2.30. The van der Waals surface area contributed by atoms with Crippen molar-refractivity contribution in [2.24, 2.45) is 58.8 Å². The smallest absolute Gasteiger partial charge is 0.306 e. The van der Waals surface area contributed by atoms with Gasteiger partial charge in [-0.1, -0.05) is 115 Å². The molecule has 0 saturated carbocycles. The Kier molecular flexibility index (Phi) is 54.8. The lowest BCUT2D eigenvalue weighted by Crippen LogP contribution is -2.57. The normalized spacial score (nSPS) is 16.3. The first-order valence-electron chi connectivity index (χ1n) is 36.3. The van der Waals surface area contributed by atoms with Gasteiger partial charge in [-0.25, -0.2) is 8.78 Å². The van der Waals surface area contributed by atoms with Crippen LogP contribution in [-0.2, 0) is 41.6 Å². The van der Waals surface area contributed by atoms with Crippen LogP contribution in [0.5, 0.6) is 5.75 Å². The Labute approximate surface area is 582 Å². The van der Waals surface area contributed by atoms with E-state index in [4.69, 9.17) is 25.7 Å². The first-order valence-corrected chi connectivity index (χ1v) is 36.3. The van der Waals surface area contributed by atoms with Crippen LogP contribution in [0.4, 0.5) is 8.78 Å². The third-order valence-corrected chi connectivity index (χ3v) is 15.6. The SMILES string of the molecule is C1CCOC1.CC.CC(C)C=O.CC(C)CN1C[C@H](C)CCN2C(=O)c3c(O)c(=O)c(C(=O)CCc4ccc(F)cc4F)cn3CC12.CNCC[C@@H](C)CCC(=O)OC(C)(C)C.CNCC[C@@H](C)CCCC(C)C.CNCC[C@@H](C)CN.C[C@H](CCN)CCC(=O)OC(C)(C)C. The maximum atomic E-state index is 14.0. The second-order valence-electron chi connectivity index (χ2n) is 29.3. The average molecular weight is 1370 g/mol. The summed E-state index contributed by atoms with van der Waals surface area (Å²) in [6.07, 6.45) is 16.8. The van der Waals surface area contributed by atoms with Crippen molar-refractivity contribution in [1.29, 1.82) is 0 Å². The number of carbonyl (C=O) groups is 5. The molecule has 3 aliphatic heterocycles. The Morgan fingerprint density at radius 2 is 1.20 bits per heavy atom. The number of pyridine rings is 1. The molecule has 1 amide bonds. The minimum Gasteiger partial charge on any atom is -0.503 e. The second kappa shape index (κ2) is 55.1. The van der Waals surface area contributed by atoms with Crippen molar-refractivity contribution in [2.75, 3.05) is 86.7 Å². The van der Waals surface area contributed by atoms with E-state index in [1.807, 2.05) is 90.4 Å². The minimum absolute atomic E-state index is 0.0255. The summed E-state index contributed by atoms with van der Waals surface area (Å²) in [5.41, 5.74) is 8.99.